The number of likely N-dealkylation sites (tertiary alicyclic amines) is 1. The fourth-order valence-electron chi connectivity index (χ4n) is 3.11. The molecular weight excluding hydrogens is 248 g/mol. The minimum Gasteiger partial charge on any atom is -0.388 e. The second-order valence-corrected chi connectivity index (χ2v) is 5.69. The molecule has 1 N–H and O–H groups in total. The molecule has 0 aromatic heterocycles. The molecule has 1 fully saturated rings. The number of aryl methyl sites for hydroxylation is 1. The summed E-state index contributed by atoms with van der Waals surface area (Å²) in [4.78, 5) is 14.9. The molecule has 1 unspecified atom stereocenters. The summed E-state index contributed by atoms with van der Waals surface area (Å²) in [5.41, 5.74) is 3.03. The third kappa shape index (κ3) is 3.14. The zero-order chi connectivity index (χ0) is 14.5. The van der Waals surface area contributed by atoms with E-state index in [1.54, 1.807) is 0 Å². The Labute approximate surface area is 122 Å². The molecule has 0 bridgehead atoms. The smallest absolute Gasteiger partial charge is 0.254 e. The van der Waals surface area contributed by atoms with Gasteiger partial charge in [-0.2, -0.15) is 0 Å². The van der Waals surface area contributed by atoms with Gasteiger partial charge in [-0.3, -0.25) is 4.79 Å². The Balaban J connectivity index is 2.22. The second kappa shape index (κ2) is 6.78. The lowest BCUT2D eigenvalue weighted by atomic mass is 10.0. The van der Waals surface area contributed by atoms with Gasteiger partial charge in [0.1, 0.15) is 0 Å². The molecule has 1 atom stereocenters. The maximum absolute atomic E-state index is 12.8. The molecule has 0 spiro atoms. The van der Waals surface area contributed by atoms with Crippen LogP contribution in [0.15, 0.2) is 18.2 Å². The Morgan fingerprint density at radius 2 is 2.15 bits per heavy atom. The number of nitrogens with one attached hydrogen (secondary N) is 1. The van der Waals surface area contributed by atoms with E-state index >= 15 is 0 Å². The van der Waals surface area contributed by atoms with Crippen molar-refractivity contribution in [3.8, 4) is 0 Å². The van der Waals surface area contributed by atoms with Gasteiger partial charge in [0.15, 0.2) is 0 Å². The van der Waals surface area contributed by atoms with Crippen molar-refractivity contribution >= 4 is 11.6 Å². The first-order valence-electron chi connectivity index (χ1n) is 7.76. The summed E-state index contributed by atoms with van der Waals surface area (Å²) >= 11 is 0. The fourth-order valence-corrected chi connectivity index (χ4v) is 3.11. The molecule has 3 heteroatoms. The Bertz CT molecular complexity index is 470. The van der Waals surface area contributed by atoms with Crippen molar-refractivity contribution in [2.45, 2.75) is 52.0 Å². The Morgan fingerprint density at radius 3 is 2.80 bits per heavy atom. The highest BCUT2D eigenvalue weighted by Crippen LogP contribution is 2.23. The minimum absolute atomic E-state index is 0.199. The number of carbonyl (C=O) groups is 1. The van der Waals surface area contributed by atoms with E-state index < -0.39 is 0 Å². The molecule has 0 saturated carbocycles. The van der Waals surface area contributed by atoms with Crippen LogP contribution >= 0.6 is 0 Å². The van der Waals surface area contributed by atoms with Gasteiger partial charge in [-0.15, -0.1) is 0 Å². The topological polar surface area (TPSA) is 32.3 Å². The molecule has 20 heavy (non-hydrogen) atoms. The zero-order valence-electron chi connectivity index (χ0n) is 12.9. The first-order valence-corrected chi connectivity index (χ1v) is 7.76. The molecule has 110 valence electrons. The van der Waals surface area contributed by atoms with E-state index in [4.69, 9.17) is 0 Å². The third-order valence-electron chi connectivity index (χ3n) is 4.35. The summed E-state index contributed by atoms with van der Waals surface area (Å²) in [7, 11) is 1.91. The molecule has 0 aliphatic carbocycles. The number of hydrogen-bond acceptors (Lipinski definition) is 2. The van der Waals surface area contributed by atoms with Crippen molar-refractivity contribution in [1.82, 2.24) is 4.90 Å². The van der Waals surface area contributed by atoms with Crippen LogP contribution in [0.1, 0.15) is 54.9 Å². The van der Waals surface area contributed by atoms with Gasteiger partial charge in [0.25, 0.3) is 5.91 Å². The maximum atomic E-state index is 12.8. The second-order valence-electron chi connectivity index (χ2n) is 5.69. The first kappa shape index (κ1) is 14.9. The summed E-state index contributed by atoms with van der Waals surface area (Å²) in [5.74, 6) is 0.199. The summed E-state index contributed by atoms with van der Waals surface area (Å²) in [6.45, 7) is 5.14. The van der Waals surface area contributed by atoms with Gasteiger partial charge in [-0.1, -0.05) is 19.8 Å². The number of amides is 1. The molecule has 1 saturated heterocycles. The van der Waals surface area contributed by atoms with E-state index in [-0.39, 0.29) is 5.91 Å². The number of benzene rings is 1. The van der Waals surface area contributed by atoms with E-state index in [0.29, 0.717) is 6.04 Å². The minimum atomic E-state index is 0.199. The lowest BCUT2D eigenvalue weighted by Crippen LogP contribution is -2.39. The molecule has 1 aliphatic heterocycles. The van der Waals surface area contributed by atoms with Crippen molar-refractivity contribution in [2.24, 2.45) is 0 Å². The highest BCUT2D eigenvalue weighted by atomic mass is 16.2. The average Bonchev–Trinajstić information content (AvgIpc) is 2.71. The lowest BCUT2D eigenvalue weighted by molar-refractivity contribution is 0.0678. The number of hydrogen-bond donors (Lipinski definition) is 1. The van der Waals surface area contributed by atoms with Crippen molar-refractivity contribution < 1.29 is 4.79 Å². The summed E-state index contributed by atoms with van der Waals surface area (Å²) in [6, 6.07) is 6.36. The van der Waals surface area contributed by atoms with Gasteiger partial charge in [0.05, 0.1) is 0 Å². The van der Waals surface area contributed by atoms with Crippen molar-refractivity contribution in [1.29, 1.82) is 0 Å². The highest BCUT2D eigenvalue weighted by Gasteiger charge is 2.25. The summed E-state index contributed by atoms with van der Waals surface area (Å²) in [5, 5.41) is 3.15. The quantitative estimate of drug-likeness (QED) is 0.908. The largest absolute Gasteiger partial charge is 0.388 e. The van der Waals surface area contributed by atoms with Crippen LogP contribution in [-0.4, -0.2) is 30.4 Å². The van der Waals surface area contributed by atoms with Gasteiger partial charge in [0.2, 0.25) is 0 Å². The Morgan fingerprint density at radius 1 is 1.35 bits per heavy atom. The van der Waals surface area contributed by atoms with Crippen LogP contribution in [0.25, 0.3) is 0 Å². The van der Waals surface area contributed by atoms with Crippen LogP contribution in [-0.2, 0) is 0 Å². The molecular formula is C17H26N2O. The van der Waals surface area contributed by atoms with Crippen LogP contribution in [0.3, 0.4) is 0 Å². The molecule has 1 aliphatic rings. The van der Waals surface area contributed by atoms with Crippen molar-refractivity contribution in [3.05, 3.63) is 29.3 Å². The predicted molar refractivity (Wildman–Crippen MR) is 84.3 cm³/mol. The first-order chi connectivity index (χ1) is 9.67. The van der Waals surface area contributed by atoms with E-state index in [1.807, 2.05) is 32.2 Å². The van der Waals surface area contributed by atoms with E-state index in [0.717, 1.165) is 42.6 Å². The van der Waals surface area contributed by atoms with Crippen LogP contribution in [0.5, 0.6) is 0 Å². The van der Waals surface area contributed by atoms with Crippen LogP contribution in [0.2, 0.25) is 0 Å². The monoisotopic (exact) mass is 274 g/mol. The summed E-state index contributed by atoms with van der Waals surface area (Å²) < 4.78 is 0. The van der Waals surface area contributed by atoms with Gasteiger partial charge in [0, 0.05) is 30.9 Å². The SMILES string of the molecule is CCC1CCCCCN1C(=O)c1ccc(NC)c(C)c1. The zero-order valence-corrected chi connectivity index (χ0v) is 12.9. The normalized spacial score (nSPS) is 19.6. The summed E-state index contributed by atoms with van der Waals surface area (Å²) in [6.07, 6.45) is 5.84. The number of anilines is 1. The molecule has 0 radical (unpaired) electrons. The number of nitrogens with zero attached hydrogens (tertiary/aromatic N) is 1. The van der Waals surface area contributed by atoms with E-state index in [1.165, 1.54) is 12.8 Å². The number of rotatable bonds is 3. The van der Waals surface area contributed by atoms with Crippen LogP contribution < -0.4 is 5.32 Å². The standard InChI is InChI=1S/C17H26N2O/c1-4-15-8-6-5-7-11-19(15)17(20)14-9-10-16(18-3)13(2)12-14/h9-10,12,15,18H,4-8,11H2,1-3H3. The van der Waals surface area contributed by atoms with Gasteiger partial charge >= 0.3 is 0 Å². The molecule has 3 nitrogen and oxygen atoms in total. The van der Waals surface area contributed by atoms with E-state index in [2.05, 4.69) is 17.1 Å². The third-order valence-corrected chi connectivity index (χ3v) is 4.35. The van der Waals surface area contributed by atoms with E-state index in [9.17, 15) is 4.79 Å². The number of carbonyl (C=O) groups excluding carboxylic acids is 1. The van der Waals surface area contributed by atoms with Crippen LogP contribution in [0.4, 0.5) is 5.69 Å². The molecule has 2 rings (SSSR count). The van der Waals surface area contributed by atoms with Gasteiger partial charge in [-0.25, -0.2) is 0 Å². The molecule has 1 aromatic carbocycles. The fraction of sp³-hybridized carbons (Fsp3) is 0.588. The lowest BCUT2D eigenvalue weighted by Gasteiger charge is -2.29. The Hall–Kier alpha value is -1.51. The van der Waals surface area contributed by atoms with Crippen molar-refractivity contribution in [3.63, 3.8) is 0 Å². The molecule has 1 amide bonds. The molecule has 1 aromatic rings. The highest BCUT2D eigenvalue weighted by molar-refractivity contribution is 5.95. The van der Waals surface area contributed by atoms with Gasteiger partial charge < -0.3 is 10.2 Å². The molecule has 1 heterocycles. The van der Waals surface area contributed by atoms with Crippen molar-refractivity contribution in [2.75, 3.05) is 18.9 Å². The predicted octanol–water partition coefficient (Wildman–Crippen LogP) is 3.83. The maximum Gasteiger partial charge on any atom is 0.254 e. The van der Waals surface area contributed by atoms with Gasteiger partial charge in [-0.05, 0) is 49.9 Å². The van der Waals surface area contributed by atoms with Crippen LogP contribution in [0, 0.1) is 6.92 Å². The average molecular weight is 274 g/mol. The Kier molecular flexibility index (Phi) is 5.05.